The zero-order valence-corrected chi connectivity index (χ0v) is 7.05. The normalized spacial score (nSPS) is 12.8. The van der Waals surface area contributed by atoms with Gasteiger partial charge in [-0.2, -0.15) is 0 Å². The smallest absolute Gasteiger partial charge is 0.227 e. The quantitative estimate of drug-likeness (QED) is 0.573. The molecule has 0 aromatic rings. The third kappa shape index (κ3) is 2.82. The highest BCUT2D eigenvalue weighted by Crippen LogP contribution is 1.98. The highest BCUT2D eigenvalue weighted by atomic mass is 16.5. The maximum absolute atomic E-state index is 11.1. The molecule has 0 N–H and O–H groups in total. The Morgan fingerprint density at radius 2 is 2.10 bits per heavy atom. The number of carbonyl (C=O) groups is 1. The molecule has 0 bridgehead atoms. The molecule has 0 saturated heterocycles. The summed E-state index contributed by atoms with van der Waals surface area (Å²) in [6, 6.07) is 0. The maximum atomic E-state index is 11.1. The topological polar surface area (TPSA) is 29.5 Å². The van der Waals surface area contributed by atoms with Crippen molar-refractivity contribution in [2.24, 2.45) is 5.92 Å². The first-order valence-corrected chi connectivity index (χ1v) is 3.29. The summed E-state index contributed by atoms with van der Waals surface area (Å²) in [6.07, 6.45) is 0. The van der Waals surface area contributed by atoms with Gasteiger partial charge in [-0.3, -0.25) is 4.79 Å². The maximum Gasteiger partial charge on any atom is 0.227 e. The third-order valence-electron chi connectivity index (χ3n) is 1.28. The Morgan fingerprint density at radius 1 is 1.60 bits per heavy atom. The molecule has 0 aromatic carbocycles. The minimum atomic E-state index is -0.0278. The van der Waals surface area contributed by atoms with E-state index in [2.05, 4.69) is 0 Å². The number of methoxy groups -OCH3 is 1. The predicted octanol–water partition coefficient (Wildman–Crippen LogP) is 0.357. The number of nitrogens with zero attached hydrogens (tertiary/aromatic N) is 1. The second-order valence-corrected chi connectivity index (χ2v) is 2.59. The largest absolute Gasteiger partial charge is 0.384 e. The second kappa shape index (κ2) is 4.28. The Bertz CT molecular complexity index is 112. The molecule has 10 heavy (non-hydrogen) atoms. The average Bonchev–Trinajstić information content (AvgIpc) is 1.87. The van der Waals surface area contributed by atoms with Crippen LogP contribution in [-0.4, -0.2) is 38.6 Å². The van der Waals surface area contributed by atoms with Crippen LogP contribution in [0.15, 0.2) is 0 Å². The summed E-state index contributed by atoms with van der Waals surface area (Å²) >= 11 is 0. The average molecular weight is 145 g/mol. The summed E-state index contributed by atoms with van der Waals surface area (Å²) in [5, 5.41) is 0. The van der Waals surface area contributed by atoms with Crippen LogP contribution < -0.4 is 0 Å². The van der Waals surface area contributed by atoms with Crippen LogP contribution in [0, 0.1) is 5.92 Å². The molecule has 0 fully saturated rings. The molecule has 0 radical (unpaired) electrons. The van der Waals surface area contributed by atoms with Crippen molar-refractivity contribution >= 4 is 5.91 Å². The van der Waals surface area contributed by atoms with Crippen LogP contribution in [0.2, 0.25) is 0 Å². The lowest BCUT2D eigenvalue weighted by molar-refractivity contribution is -0.133. The van der Waals surface area contributed by atoms with Gasteiger partial charge in [0.05, 0.1) is 12.5 Å². The van der Waals surface area contributed by atoms with Crippen molar-refractivity contribution < 1.29 is 9.53 Å². The number of carbonyl (C=O) groups excluding carboxylic acids is 1. The first-order chi connectivity index (χ1) is 4.59. The molecule has 0 aliphatic heterocycles. The molecule has 0 spiro atoms. The van der Waals surface area contributed by atoms with Gasteiger partial charge < -0.3 is 9.64 Å². The monoisotopic (exact) mass is 145 g/mol. The molecule has 1 amide bonds. The molecule has 1 atom stereocenters. The van der Waals surface area contributed by atoms with E-state index in [0.29, 0.717) is 6.61 Å². The van der Waals surface area contributed by atoms with Crippen LogP contribution in [0.1, 0.15) is 6.92 Å². The highest BCUT2D eigenvalue weighted by molar-refractivity contribution is 5.77. The summed E-state index contributed by atoms with van der Waals surface area (Å²) in [5.74, 6) is 0.0850. The van der Waals surface area contributed by atoms with Gasteiger partial charge in [0.15, 0.2) is 0 Å². The molecule has 0 aliphatic carbocycles. The van der Waals surface area contributed by atoms with Crippen molar-refractivity contribution in [3.8, 4) is 0 Å². The zero-order valence-electron chi connectivity index (χ0n) is 7.05. The standard InChI is InChI=1S/C7H15NO2/c1-6(5-10-4)7(9)8(2)3/h6H,5H2,1-4H3. The molecule has 0 rings (SSSR count). The van der Waals surface area contributed by atoms with E-state index in [0.717, 1.165) is 0 Å². The fourth-order valence-electron chi connectivity index (χ4n) is 0.762. The zero-order chi connectivity index (χ0) is 8.15. The van der Waals surface area contributed by atoms with Crippen LogP contribution >= 0.6 is 0 Å². The molecule has 3 heteroatoms. The molecule has 1 unspecified atom stereocenters. The van der Waals surface area contributed by atoms with E-state index in [1.54, 1.807) is 26.1 Å². The fraction of sp³-hybridized carbons (Fsp3) is 0.857. The third-order valence-corrected chi connectivity index (χ3v) is 1.28. The summed E-state index contributed by atoms with van der Waals surface area (Å²) in [4.78, 5) is 12.7. The van der Waals surface area contributed by atoms with E-state index in [9.17, 15) is 4.79 Å². The van der Waals surface area contributed by atoms with Gasteiger partial charge in [-0.1, -0.05) is 6.92 Å². The number of rotatable bonds is 3. The van der Waals surface area contributed by atoms with E-state index in [1.807, 2.05) is 6.92 Å². The summed E-state index contributed by atoms with van der Waals surface area (Å²) in [5.41, 5.74) is 0. The molecular weight excluding hydrogens is 130 g/mol. The van der Waals surface area contributed by atoms with Gasteiger partial charge in [0.1, 0.15) is 0 Å². The van der Waals surface area contributed by atoms with E-state index in [1.165, 1.54) is 0 Å². The lowest BCUT2D eigenvalue weighted by atomic mass is 10.2. The molecular formula is C7H15NO2. The van der Waals surface area contributed by atoms with E-state index in [4.69, 9.17) is 4.74 Å². The van der Waals surface area contributed by atoms with Crippen LogP contribution in [-0.2, 0) is 9.53 Å². The first-order valence-electron chi connectivity index (χ1n) is 3.29. The SMILES string of the molecule is COCC(C)C(=O)N(C)C. The van der Waals surface area contributed by atoms with E-state index in [-0.39, 0.29) is 11.8 Å². The summed E-state index contributed by atoms with van der Waals surface area (Å²) in [6.45, 7) is 2.35. The Balaban J connectivity index is 3.71. The number of ether oxygens (including phenoxy) is 1. The summed E-state index contributed by atoms with van der Waals surface area (Å²) < 4.78 is 4.83. The van der Waals surface area contributed by atoms with Crippen molar-refractivity contribution in [2.75, 3.05) is 27.8 Å². The first kappa shape index (κ1) is 9.43. The molecule has 0 aliphatic rings. The Hall–Kier alpha value is -0.570. The van der Waals surface area contributed by atoms with Gasteiger partial charge >= 0.3 is 0 Å². The van der Waals surface area contributed by atoms with Crippen LogP contribution in [0.25, 0.3) is 0 Å². The van der Waals surface area contributed by atoms with Gasteiger partial charge in [-0.15, -0.1) is 0 Å². The predicted molar refractivity (Wildman–Crippen MR) is 39.7 cm³/mol. The molecule has 0 aromatic heterocycles. The van der Waals surface area contributed by atoms with E-state index < -0.39 is 0 Å². The van der Waals surface area contributed by atoms with Crippen LogP contribution in [0.4, 0.5) is 0 Å². The Morgan fingerprint density at radius 3 is 2.40 bits per heavy atom. The number of amides is 1. The van der Waals surface area contributed by atoms with Crippen molar-refractivity contribution in [1.29, 1.82) is 0 Å². The molecule has 0 heterocycles. The minimum Gasteiger partial charge on any atom is -0.384 e. The van der Waals surface area contributed by atoms with Gasteiger partial charge in [0.25, 0.3) is 0 Å². The van der Waals surface area contributed by atoms with E-state index >= 15 is 0 Å². The van der Waals surface area contributed by atoms with Gasteiger partial charge in [0, 0.05) is 21.2 Å². The lowest BCUT2D eigenvalue weighted by Gasteiger charge is -2.15. The molecule has 0 saturated carbocycles. The Kier molecular flexibility index (Phi) is 4.03. The molecule has 3 nitrogen and oxygen atoms in total. The minimum absolute atomic E-state index is 0.0278. The van der Waals surface area contributed by atoms with Gasteiger partial charge in [-0.05, 0) is 0 Å². The van der Waals surface area contributed by atoms with Gasteiger partial charge in [0.2, 0.25) is 5.91 Å². The summed E-state index contributed by atoms with van der Waals surface area (Å²) in [7, 11) is 5.09. The lowest BCUT2D eigenvalue weighted by Crippen LogP contribution is -2.30. The van der Waals surface area contributed by atoms with Crippen molar-refractivity contribution in [2.45, 2.75) is 6.92 Å². The second-order valence-electron chi connectivity index (χ2n) is 2.59. The van der Waals surface area contributed by atoms with Crippen molar-refractivity contribution in [3.05, 3.63) is 0 Å². The molecule has 60 valence electrons. The van der Waals surface area contributed by atoms with Gasteiger partial charge in [-0.25, -0.2) is 0 Å². The van der Waals surface area contributed by atoms with Crippen LogP contribution in [0.5, 0.6) is 0 Å². The number of hydrogen-bond donors (Lipinski definition) is 0. The fourth-order valence-corrected chi connectivity index (χ4v) is 0.762. The highest BCUT2D eigenvalue weighted by Gasteiger charge is 2.13. The van der Waals surface area contributed by atoms with Crippen molar-refractivity contribution in [3.63, 3.8) is 0 Å². The Labute approximate surface area is 62.0 Å². The van der Waals surface area contributed by atoms with Crippen molar-refractivity contribution in [1.82, 2.24) is 4.90 Å². The number of hydrogen-bond acceptors (Lipinski definition) is 2. The van der Waals surface area contributed by atoms with Crippen LogP contribution in [0.3, 0.4) is 0 Å².